The van der Waals surface area contributed by atoms with Crippen LogP contribution in [0.1, 0.15) is 67.0 Å². The number of thiophene rings is 1. The van der Waals surface area contributed by atoms with Crippen molar-refractivity contribution in [1.29, 1.82) is 0 Å². The zero-order chi connectivity index (χ0) is 17.1. The van der Waals surface area contributed by atoms with E-state index in [1.165, 1.54) is 4.88 Å². The first-order valence-corrected chi connectivity index (χ1v) is 9.78. The van der Waals surface area contributed by atoms with Crippen LogP contribution in [0.15, 0.2) is 4.79 Å². The van der Waals surface area contributed by atoms with E-state index < -0.39 is 0 Å². The molecule has 0 fully saturated rings. The molecule has 0 atom stereocenters. The normalized spacial score (nSPS) is 13.6. The summed E-state index contributed by atoms with van der Waals surface area (Å²) in [6.45, 7) is 4.96. The van der Waals surface area contributed by atoms with Gasteiger partial charge in [-0.15, -0.1) is 11.3 Å². The van der Waals surface area contributed by atoms with Crippen LogP contribution in [0.2, 0.25) is 0 Å². The molecule has 2 heterocycles. The van der Waals surface area contributed by atoms with E-state index in [0.717, 1.165) is 50.5 Å². The van der Waals surface area contributed by atoms with Gasteiger partial charge in [0.2, 0.25) is 5.82 Å². The Labute approximate surface area is 145 Å². The quantitative estimate of drug-likeness (QED) is 0.806. The highest BCUT2D eigenvalue weighted by molar-refractivity contribution is 7.18. The highest BCUT2D eigenvalue weighted by Gasteiger charge is 2.22. The van der Waals surface area contributed by atoms with Crippen LogP contribution in [0, 0.1) is 5.92 Å². The minimum atomic E-state index is -0.278. The van der Waals surface area contributed by atoms with Gasteiger partial charge in [0.1, 0.15) is 4.83 Å². The predicted molar refractivity (Wildman–Crippen MR) is 97.9 cm³/mol. The molecule has 5 nitrogen and oxygen atoms in total. The standard InChI is InChI=1S/C18H25N3O2S/c1-3-6-11(7-4-2)10-19-17(23)15-20-16(22)14-12-8-5-9-13(12)24-18(14)21-15/h11H,3-10H2,1-2H3,(H,19,23)(H,20,21,22). The average molecular weight is 347 g/mol. The van der Waals surface area contributed by atoms with Crippen LogP contribution in [0.25, 0.3) is 10.2 Å². The lowest BCUT2D eigenvalue weighted by molar-refractivity contribution is 0.0935. The van der Waals surface area contributed by atoms with Crippen molar-refractivity contribution in [3.8, 4) is 0 Å². The Morgan fingerprint density at radius 3 is 2.75 bits per heavy atom. The average Bonchev–Trinajstić information content (AvgIpc) is 3.12. The van der Waals surface area contributed by atoms with Crippen LogP contribution in [0.5, 0.6) is 0 Å². The molecule has 2 aromatic rings. The van der Waals surface area contributed by atoms with Crippen LogP contribution >= 0.6 is 11.3 Å². The Morgan fingerprint density at radius 2 is 2.04 bits per heavy atom. The molecule has 6 heteroatoms. The number of fused-ring (bicyclic) bond motifs is 3. The predicted octanol–water partition coefficient (Wildman–Crippen LogP) is 3.42. The fourth-order valence-corrected chi connectivity index (χ4v) is 4.86. The van der Waals surface area contributed by atoms with Gasteiger partial charge < -0.3 is 10.3 Å². The third-order valence-electron chi connectivity index (χ3n) is 4.74. The van der Waals surface area contributed by atoms with E-state index in [2.05, 4.69) is 29.1 Å². The van der Waals surface area contributed by atoms with Crippen LogP contribution in [0.3, 0.4) is 0 Å². The van der Waals surface area contributed by atoms with Crippen molar-refractivity contribution in [3.63, 3.8) is 0 Å². The number of H-pyrrole nitrogens is 1. The zero-order valence-electron chi connectivity index (χ0n) is 14.4. The topological polar surface area (TPSA) is 74.8 Å². The van der Waals surface area contributed by atoms with E-state index in [9.17, 15) is 9.59 Å². The molecular formula is C18H25N3O2S. The highest BCUT2D eigenvalue weighted by Crippen LogP contribution is 2.34. The summed E-state index contributed by atoms with van der Waals surface area (Å²) >= 11 is 1.56. The van der Waals surface area contributed by atoms with Gasteiger partial charge in [0.15, 0.2) is 0 Å². The van der Waals surface area contributed by atoms with Gasteiger partial charge in [-0.05, 0) is 43.6 Å². The molecule has 1 aliphatic carbocycles. The molecule has 130 valence electrons. The van der Waals surface area contributed by atoms with E-state index in [0.29, 0.717) is 22.7 Å². The SMILES string of the molecule is CCCC(CCC)CNC(=O)c1nc2sc3c(c2c(=O)[nH]1)CCC3. The van der Waals surface area contributed by atoms with E-state index in [4.69, 9.17) is 0 Å². The number of aromatic nitrogens is 2. The van der Waals surface area contributed by atoms with Crippen molar-refractivity contribution in [2.75, 3.05) is 6.54 Å². The number of aryl methyl sites for hydroxylation is 2. The van der Waals surface area contributed by atoms with Gasteiger partial charge >= 0.3 is 0 Å². The van der Waals surface area contributed by atoms with E-state index in [1.54, 1.807) is 11.3 Å². The van der Waals surface area contributed by atoms with Gasteiger partial charge in [-0.25, -0.2) is 4.98 Å². The number of hydrogen-bond donors (Lipinski definition) is 2. The Kier molecular flexibility index (Phi) is 5.33. The largest absolute Gasteiger partial charge is 0.349 e. The number of carbonyl (C=O) groups is 1. The van der Waals surface area contributed by atoms with Gasteiger partial charge in [0.25, 0.3) is 11.5 Å². The van der Waals surface area contributed by atoms with Crippen LogP contribution in [-0.4, -0.2) is 22.4 Å². The van der Waals surface area contributed by atoms with E-state index >= 15 is 0 Å². The van der Waals surface area contributed by atoms with E-state index in [1.807, 2.05) is 0 Å². The number of carbonyl (C=O) groups excluding carboxylic acids is 1. The second-order valence-corrected chi connectivity index (χ2v) is 7.69. The van der Waals surface area contributed by atoms with Crippen LogP contribution < -0.4 is 10.9 Å². The summed E-state index contributed by atoms with van der Waals surface area (Å²) in [6, 6.07) is 0. The molecule has 0 aromatic carbocycles. The fraction of sp³-hybridized carbons (Fsp3) is 0.611. The fourth-order valence-electron chi connectivity index (χ4n) is 3.60. The molecule has 0 saturated carbocycles. The second-order valence-electron chi connectivity index (χ2n) is 6.61. The first-order chi connectivity index (χ1) is 11.6. The second kappa shape index (κ2) is 7.47. The van der Waals surface area contributed by atoms with Crippen molar-refractivity contribution in [2.45, 2.75) is 58.8 Å². The molecule has 1 aliphatic rings. The number of nitrogens with one attached hydrogen (secondary N) is 2. The summed E-state index contributed by atoms with van der Waals surface area (Å²) in [5.74, 6) is 0.351. The molecule has 0 bridgehead atoms. The molecule has 0 radical (unpaired) electrons. The van der Waals surface area contributed by atoms with Crippen molar-refractivity contribution < 1.29 is 4.79 Å². The van der Waals surface area contributed by atoms with Gasteiger partial charge in [0, 0.05) is 11.4 Å². The van der Waals surface area contributed by atoms with E-state index in [-0.39, 0.29) is 17.3 Å². The van der Waals surface area contributed by atoms with Gasteiger partial charge in [-0.1, -0.05) is 26.7 Å². The highest BCUT2D eigenvalue weighted by atomic mass is 32.1. The van der Waals surface area contributed by atoms with Gasteiger partial charge in [-0.2, -0.15) is 0 Å². The molecule has 3 rings (SSSR count). The summed E-state index contributed by atoms with van der Waals surface area (Å²) in [5, 5.41) is 3.64. The third kappa shape index (κ3) is 3.38. The van der Waals surface area contributed by atoms with Crippen molar-refractivity contribution >= 4 is 27.5 Å². The Balaban J connectivity index is 1.77. The number of aromatic amines is 1. The third-order valence-corrected chi connectivity index (χ3v) is 5.92. The number of nitrogens with zero attached hydrogens (tertiary/aromatic N) is 1. The number of amides is 1. The first-order valence-electron chi connectivity index (χ1n) is 8.96. The maximum Gasteiger partial charge on any atom is 0.287 e. The molecule has 24 heavy (non-hydrogen) atoms. The Morgan fingerprint density at radius 1 is 1.29 bits per heavy atom. The number of rotatable bonds is 7. The summed E-state index contributed by atoms with van der Waals surface area (Å²) < 4.78 is 0. The minimum Gasteiger partial charge on any atom is -0.349 e. The van der Waals surface area contributed by atoms with Crippen molar-refractivity contribution in [1.82, 2.24) is 15.3 Å². The molecule has 0 aliphatic heterocycles. The maximum atomic E-state index is 12.4. The first kappa shape index (κ1) is 17.1. The Bertz CT molecular complexity index is 787. The van der Waals surface area contributed by atoms with Crippen LogP contribution in [0.4, 0.5) is 0 Å². The number of hydrogen-bond acceptors (Lipinski definition) is 4. The molecule has 0 saturated heterocycles. The van der Waals surface area contributed by atoms with Gasteiger partial charge in [-0.3, -0.25) is 9.59 Å². The lowest BCUT2D eigenvalue weighted by Gasteiger charge is -2.15. The molecule has 2 aromatic heterocycles. The molecular weight excluding hydrogens is 322 g/mol. The van der Waals surface area contributed by atoms with Crippen molar-refractivity contribution in [2.24, 2.45) is 5.92 Å². The van der Waals surface area contributed by atoms with Crippen molar-refractivity contribution in [3.05, 3.63) is 26.6 Å². The summed E-state index contributed by atoms with van der Waals surface area (Å²) in [6.07, 6.45) is 7.51. The summed E-state index contributed by atoms with van der Waals surface area (Å²) in [7, 11) is 0. The van der Waals surface area contributed by atoms with Crippen LogP contribution in [-0.2, 0) is 12.8 Å². The minimum absolute atomic E-state index is 0.138. The molecule has 1 amide bonds. The molecule has 0 unspecified atom stereocenters. The summed E-state index contributed by atoms with van der Waals surface area (Å²) in [4.78, 5) is 33.8. The Hall–Kier alpha value is -1.69. The smallest absolute Gasteiger partial charge is 0.287 e. The summed E-state index contributed by atoms with van der Waals surface area (Å²) in [5.41, 5.74) is 0.963. The maximum absolute atomic E-state index is 12.4. The monoisotopic (exact) mass is 347 g/mol. The molecule has 0 spiro atoms. The lowest BCUT2D eigenvalue weighted by atomic mass is 9.98. The molecule has 2 N–H and O–H groups in total. The van der Waals surface area contributed by atoms with Gasteiger partial charge in [0.05, 0.1) is 5.39 Å². The lowest BCUT2D eigenvalue weighted by Crippen LogP contribution is -2.32. The zero-order valence-corrected chi connectivity index (χ0v) is 15.2.